The molecular formula is C11H18N2O3S. The van der Waals surface area contributed by atoms with Crippen molar-refractivity contribution in [1.29, 1.82) is 0 Å². The number of aromatic nitrogens is 2. The molecule has 5 nitrogen and oxygen atoms in total. The molecule has 1 rings (SSSR count). The Kier molecular flexibility index (Phi) is 4.08. The molecule has 0 fully saturated rings. The van der Waals surface area contributed by atoms with Crippen LogP contribution in [0.25, 0.3) is 0 Å². The maximum atomic E-state index is 12.2. The van der Waals surface area contributed by atoms with E-state index in [1.54, 1.807) is 13.8 Å². The molecule has 0 aliphatic carbocycles. The highest BCUT2D eigenvalue weighted by Gasteiger charge is 2.27. The van der Waals surface area contributed by atoms with Gasteiger partial charge in [-0.05, 0) is 19.8 Å². The number of aldehydes is 1. The molecule has 0 amide bonds. The third-order valence-electron chi connectivity index (χ3n) is 2.37. The summed E-state index contributed by atoms with van der Waals surface area (Å²) in [6.45, 7) is 7.60. The molecule has 0 N–H and O–H groups in total. The summed E-state index contributed by atoms with van der Waals surface area (Å²) in [6.07, 6.45) is 1.85. The van der Waals surface area contributed by atoms with Gasteiger partial charge in [0.25, 0.3) is 0 Å². The van der Waals surface area contributed by atoms with Crippen LogP contribution in [0.4, 0.5) is 0 Å². The Labute approximate surface area is 102 Å². The number of hydrogen-bond acceptors (Lipinski definition) is 4. The lowest BCUT2D eigenvalue weighted by Crippen LogP contribution is -2.21. The van der Waals surface area contributed by atoms with Crippen LogP contribution >= 0.6 is 0 Å². The number of carbonyl (C=O) groups excluding carboxylic acids is 1. The topological polar surface area (TPSA) is 69.0 Å². The summed E-state index contributed by atoms with van der Waals surface area (Å²) in [4.78, 5) is 10.9. The second kappa shape index (κ2) is 5.00. The molecule has 6 heteroatoms. The minimum absolute atomic E-state index is 0.0381. The zero-order valence-corrected chi connectivity index (χ0v) is 11.4. The number of hydrogen-bond donors (Lipinski definition) is 0. The van der Waals surface area contributed by atoms with E-state index in [9.17, 15) is 13.2 Å². The Morgan fingerprint density at radius 3 is 2.35 bits per heavy atom. The van der Waals surface area contributed by atoms with Gasteiger partial charge in [0.1, 0.15) is 0 Å². The summed E-state index contributed by atoms with van der Waals surface area (Å²) in [5.41, 5.74) is 0.138. The first kappa shape index (κ1) is 13.9. The number of carbonyl (C=O) groups is 1. The van der Waals surface area contributed by atoms with E-state index in [1.165, 1.54) is 10.9 Å². The van der Waals surface area contributed by atoms with Gasteiger partial charge in [-0.15, -0.1) is 0 Å². The fourth-order valence-electron chi connectivity index (χ4n) is 1.48. The van der Waals surface area contributed by atoms with Crippen molar-refractivity contribution in [2.45, 2.75) is 44.5 Å². The molecule has 0 saturated heterocycles. The number of nitrogens with zero attached hydrogens (tertiary/aromatic N) is 2. The summed E-state index contributed by atoms with van der Waals surface area (Å²) in [5.74, 6) is 0.260. The molecule has 0 atom stereocenters. The number of sulfone groups is 1. The highest BCUT2D eigenvalue weighted by atomic mass is 32.2. The van der Waals surface area contributed by atoms with E-state index in [1.807, 2.05) is 13.8 Å². The molecule has 96 valence electrons. The smallest absolute Gasteiger partial charge is 0.198 e. The summed E-state index contributed by atoms with van der Waals surface area (Å²) in [6, 6.07) is 0. The van der Waals surface area contributed by atoms with Gasteiger partial charge in [0.15, 0.2) is 21.1 Å². The average Bonchev–Trinajstić information content (AvgIpc) is 2.59. The molecule has 1 heterocycles. The molecule has 0 saturated carbocycles. The van der Waals surface area contributed by atoms with Gasteiger partial charge in [0, 0.05) is 6.54 Å². The maximum Gasteiger partial charge on any atom is 0.198 e. The van der Waals surface area contributed by atoms with E-state index in [0.29, 0.717) is 12.8 Å². The van der Waals surface area contributed by atoms with E-state index in [-0.39, 0.29) is 16.5 Å². The molecule has 0 unspecified atom stereocenters. The van der Waals surface area contributed by atoms with Crippen LogP contribution in [0.1, 0.15) is 38.1 Å². The van der Waals surface area contributed by atoms with Crippen LogP contribution in [0, 0.1) is 5.92 Å². The number of rotatable bonds is 5. The van der Waals surface area contributed by atoms with Crippen molar-refractivity contribution in [2.75, 3.05) is 0 Å². The fraction of sp³-hybridized carbons (Fsp3) is 0.636. The van der Waals surface area contributed by atoms with Crippen molar-refractivity contribution in [3.63, 3.8) is 0 Å². The third kappa shape index (κ3) is 2.74. The van der Waals surface area contributed by atoms with E-state index >= 15 is 0 Å². The van der Waals surface area contributed by atoms with Crippen LogP contribution in [-0.2, 0) is 16.4 Å². The first-order valence-electron chi connectivity index (χ1n) is 5.55. The Hall–Kier alpha value is -1.17. The predicted octanol–water partition coefficient (Wildman–Crippen LogP) is 1.53. The minimum atomic E-state index is -3.48. The van der Waals surface area contributed by atoms with Gasteiger partial charge < -0.3 is 0 Å². The molecule has 0 aliphatic heterocycles. The van der Waals surface area contributed by atoms with Crippen LogP contribution in [0.3, 0.4) is 0 Å². The van der Waals surface area contributed by atoms with Crippen LogP contribution in [0.5, 0.6) is 0 Å². The van der Waals surface area contributed by atoms with Crippen molar-refractivity contribution < 1.29 is 13.2 Å². The van der Waals surface area contributed by atoms with E-state index < -0.39 is 15.1 Å². The van der Waals surface area contributed by atoms with Gasteiger partial charge >= 0.3 is 0 Å². The average molecular weight is 258 g/mol. The molecule has 0 spiro atoms. The van der Waals surface area contributed by atoms with E-state index in [2.05, 4.69) is 5.10 Å². The summed E-state index contributed by atoms with van der Waals surface area (Å²) in [7, 11) is -3.48. The zero-order valence-electron chi connectivity index (χ0n) is 10.5. The van der Waals surface area contributed by atoms with Gasteiger partial charge in [0.2, 0.25) is 0 Å². The first-order chi connectivity index (χ1) is 7.80. The van der Waals surface area contributed by atoms with Gasteiger partial charge in [0.05, 0.1) is 17.0 Å². The molecule has 0 aromatic carbocycles. The standard InChI is InChI=1S/C11H18N2O3S/c1-8(2)6-13-11(10(7-14)5-12-13)17(15,16)9(3)4/h5,7-9H,6H2,1-4H3. The Bertz CT molecular complexity index is 501. The van der Waals surface area contributed by atoms with Crippen molar-refractivity contribution in [3.05, 3.63) is 11.8 Å². The van der Waals surface area contributed by atoms with Crippen LogP contribution < -0.4 is 0 Å². The van der Waals surface area contributed by atoms with E-state index in [4.69, 9.17) is 0 Å². The Morgan fingerprint density at radius 1 is 1.35 bits per heavy atom. The lowest BCUT2D eigenvalue weighted by atomic mass is 10.2. The lowest BCUT2D eigenvalue weighted by molar-refractivity contribution is 0.112. The second-order valence-electron chi connectivity index (χ2n) is 4.69. The van der Waals surface area contributed by atoms with Crippen molar-refractivity contribution in [2.24, 2.45) is 5.92 Å². The molecule has 0 bridgehead atoms. The third-order valence-corrected chi connectivity index (χ3v) is 4.60. The highest BCUT2D eigenvalue weighted by molar-refractivity contribution is 7.92. The van der Waals surface area contributed by atoms with Crippen molar-refractivity contribution >= 4 is 16.1 Å². The van der Waals surface area contributed by atoms with Gasteiger partial charge in [-0.2, -0.15) is 5.10 Å². The summed E-state index contributed by atoms with van der Waals surface area (Å²) < 4.78 is 25.7. The molecule has 1 aromatic rings. The molecule has 0 aliphatic rings. The predicted molar refractivity (Wildman–Crippen MR) is 64.8 cm³/mol. The van der Waals surface area contributed by atoms with Gasteiger partial charge in [-0.1, -0.05) is 13.8 Å². The molecule has 17 heavy (non-hydrogen) atoms. The van der Waals surface area contributed by atoms with Gasteiger partial charge in [-0.25, -0.2) is 8.42 Å². The Balaban J connectivity index is 3.38. The van der Waals surface area contributed by atoms with Crippen LogP contribution in [-0.4, -0.2) is 29.7 Å². The fourth-order valence-corrected chi connectivity index (χ4v) is 2.77. The van der Waals surface area contributed by atoms with Gasteiger partial charge in [-0.3, -0.25) is 9.48 Å². The monoisotopic (exact) mass is 258 g/mol. The molecular weight excluding hydrogens is 240 g/mol. The second-order valence-corrected chi connectivity index (χ2v) is 7.11. The summed E-state index contributed by atoms with van der Waals surface area (Å²) >= 11 is 0. The maximum absolute atomic E-state index is 12.2. The minimum Gasteiger partial charge on any atom is -0.298 e. The normalized spacial score (nSPS) is 12.4. The molecule has 1 aromatic heterocycles. The Morgan fingerprint density at radius 2 is 1.94 bits per heavy atom. The van der Waals surface area contributed by atoms with Crippen molar-refractivity contribution in [3.8, 4) is 0 Å². The SMILES string of the molecule is CC(C)Cn1ncc(C=O)c1S(=O)(=O)C(C)C. The summed E-state index contributed by atoms with van der Waals surface area (Å²) in [5, 5.41) is 3.45. The van der Waals surface area contributed by atoms with Crippen LogP contribution in [0.15, 0.2) is 11.2 Å². The highest BCUT2D eigenvalue weighted by Crippen LogP contribution is 2.20. The zero-order chi connectivity index (χ0) is 13.2. The van der Waals surface area contributed by atoms with Crippen LogP contribution in [0.2, 0.25) is 0 Å². The molecule has 0 radical (unpaired) electrons. The lowest BCUT2D eigenvalue weighted by Gasteiger charge is -2.13. The largest absolute Gasteiger partial charge is 0.298 e. The van der Waals surface area contributed by atoms with E-state index in [0.717, 1.165) is 0 Å². The quantitative estimate of drug-likeness (QED) is 0.751. The first-order valence-corrected chi connectivity index (χ1v) is 7.10. The van der Waals surface area contributed by atoms with Crippen molar-refractivity contribution in [1.82, 2.24) is 9.78 Å².